The number of rotatable bonds is 14. The molecule has 2 heterocycles. The van der Waals surface area contributed by atoms with Crippen molar-refractivity contribution in [2.45, 2.75) is 65.2 Å². The van der Waals surface area contributed by atoms with E-state index in [2.05, 4.69) is 50.2 Å². The zero-order chi connectivity index (χ0) is 34.4. The van der Waals surface area contributed by atoms with Crippen molar-refractivity contribution in [2.75, 3.05) is 13.2 Å². The second-order valence-electron chi connectivity index (χ2n) is 10.6. The van der Waals surface area contributed by atoms with Gasteiger partial charge in [0.25, 0.3) is 0 Å². The largest absolute Gasteiger partial charge is 0.489 e. The Balaban J connectivity index is 0.00000156. The van der Waals surface area contributed by atoms with E-state index in [1.807, 2.05) is 63.0 Å². The number of pyridine rings is 2. The number of benzene rings is 3. The van der Waals surface area contributed by atoms with Gasteiger partial charge in [-0.25, -0.2) is 4.98 Å². The van der Waals surface area contributed by atoms with Crippen LogP contribution < -0.4 is 9.47 Å². The van der Waals surface area contributed by atoms with Crippen LogP contribution in [0, 0.1) is 0 Å². The minimum absolute atomic E-state index is 0. The van der Waals surface area contributed by atoms with Crippen molar-refractivity contribution < 1.29 is 44.3 Å². The van der Waals surface area contributed by atoms with E-state index in [-0.39, 0.29) is 20.4 Å². The fourth-order valence-corrected chi connectivity index (χ4v) is 5.47. The van der Waals surface area contributed by atoms with Gasteiger partial charge in [-0.05, 0) is 36.1 Å². The molecule has 2 aromatic heterocycles. The number of aromatic nitrogens is 2. The molecule has 0 fully saturated rings. The Morgan fingerprint density at radius 1 is 0.604 bits per heavy atom. The topological polar surface area (TPSA) is 95.5 Å². The summed E-state index contributed by atoms with van der Waals surface area (Å²) in [5.74, 6) is 1.47. The van der Waals surface area contributed by atoms with E-state index in [1.165, 1.54) is 25.7 Å². The predicted octanol–water partition coefficient (Wildman–Crippen LogP) is 10.1. The molecule has 0 atom stereocenters. The Hall–Kier alpha value is -3.96. The van der Waals surface area contributed by atoms with Gasteiger partial charge in [-0.2, -0.15) is 0 Å². The molecule has 0 aliphatic carbocycles. The summed E-state index contributed by atoms with van der Waals surface area (Å²) < 4.78 is 13.2. The van der Waals surface area contributed by atoms with Crippen molar-refractivity contribution in [2.24, 2.45) is 0 Å². The van der Waals surface area contributed by atoms with Crippen molar-refractivity contribution in [1.82, 2.24) is 9.97 Å². The molecule has 0 saturated carbocycles. The molecule has 5 aromatic rings. The van der Waals surface area contributed by atoms with Crippen molar-refractivity contribution in [3.8, 4) is 33.8 Å². The number of nitrogens with zero attached hydrogens (tertiary/aromatic N) is 2. The van der Waals surface area contributed by atoms with Crippen molar-refractivity contribution >= 4 is 53.8 Å². The van der Waals surface area contributed by atoms with Crippen LogP contribution in [-0.2, 0) is 34.8 Å². The summed E-state index contributed by atoms with van der Waals surface area (Å²) in [5, 5.41) is 2.22. The van der Waals surface area contributed by atoms with E-state index in [0.717, 1.165) is 81.2 Å². The van der Waals surface area contributed by atoms with Crippen molar-refractivity contribution in [3.63, 3.8) is 0 Å². The first-order valence-corrected chi connectivity index (χ1v) is 16.3. The second-order valence-corrected chi connectivity index (χ2v) is 10.9. The normalized spacial score (nSPS) is 9.90. The Morgan fingerprint density at radius 2 is 1.08 bits per heavy atom. The van der Waals surface area contributed by atoms with Crippen LogP contribution in [0.3, 0.4) is 0 Å². The maximum absolute atomic E-state index is 8.00. The number of fused-ring (bicyclic) bond motifs is 3. The van der Waals surface area contributed by atoms with Crippen LogP contribution in [0.2, 0.25) is 5.15 Å². The molecule has 48 heavy (non-hydrogen) atoms. The molecule has 255 valence electrons. The number of carbonyl (C=O) groups excluding carboxylic acids is 3. The number of hydrogen-bond donors (Lipinski definition) is 0. The third-order valence-corrected chi connectivity index (χ3v) is 7.75. The number of carbonyl (C=O) groups is 3. The van der Waals surface area contributed by atoms with E-state index in [0.29, 0.717) is 18.4 Å². The van der Waals surface area contributed by atoms with E-state index in [9.17, 15) is 0 Å². The molecule has 7 nitrogen and oxygen atoms in total. The number of unbranched alkanes of at least 4 members (excludes halogenated alkanes) is 6. The number of hydrogen-bond acceptors (Lipinski definition) is 7. The van der Waals surface area contributed by atoms with Crippen molar-refractivity contribution in [1.29, 1.82) is 0 Å². The van der Waals surface area contributed by atoms with Gasteiger partial charge in [0, 0.05) is 48.5 Å². The molecule has 0 amide bonds. The molecule has 1 radical (unpaired) electrons. The minimum Gasteiger partial charge on any atom is -0.489 e. The molecule has 0 spiro atoms. The van der Waals surface area contributed by atoms with Gasteiger partial charge in [-0.1, -0.05) is 125 Å². The quantitative estimate of drug-likeness (QED) is 0.0624. The summed E-state index contributed by atoms with van der Waals surface area (Å²) in [5.41, 5.74) is 5.49. The molecule has 5 rings (SSSR count). The van der Waals surface area contributed by atoms with Crippen LogP contribution in [0.4, 0.5) is 0 Å². The maximum atomic E-state index is 8.00. The van der Waals surface area contributed by atoms with Gasteiger partial charge < -0.3 is 23.9 Å². The Bertz CT molecular complexity index is 1640. The summed E-state index contributed by atoms with van der Waals surface area (Å²) in [4.78, 5) is 33.9. The monoisotopic (exact) mass is 843 g/mol. The third-order valence-electron chi connectivity index (χ3n) is 7.46. The number of ether oxygens (including phenoxy) is 2. The van der Waals surface area contributed by atoms with Gasteiger partial charge in [0.05, 0.1) is 13.2 Å². The van der Waals surface area contributed by atoms with Crippen LogP contribution in [0.1, 0.15) is 65.2 Å². The molecular formula is C39H45ClN2O5Re. The minimum atomic E-state index is 0. The summed E-state index contributed by atoms with van der Waals surface area (Å²) >= 11 is 6.84. The first-order valence-electron chi connectivity index (χ1n) is 15.9. The van der Waals surface area contributed by atoms with Crippen LogP contribution in [0.15, 0.2) is 79.0 Å². The summed E-state index contributed by atoms with van der Waals surface area (Å²) in [6.07, 6.45) is 10.9. The molecular weight excluding hydrogens is 798 g/mol. The first kappa shape index (κ1) is 42.1. The van der Waals surface area contributed by atoms with Crippen molar-refractivity contribution in [3.05, 3.63) is 84.1 Å². The fourth-order valence-electron chi connectivity index (χ4n) is 5.22. The van der Waals surface area contributed by atoms with Crippen LogP contribution in [-0.4, -0.2) is 43.5 Å². The van der Waals surface area contributed by atoms with Crippen LogP contribution in [0.25, 0.3) is 44.1 Å². The van der Waals surface area contributed by atoms with E-state index < -0.39 is 0 Å². The van der Waals surface area contributed by atoms with Gasteiger partial charge in [0.1, 0.15) is 36.6 Å². The zero-order valence-electron chi connectivity index (χ0n) is 27.9. The van der Waals surface area contributed by atoms with Gasteiger partial charge >= 0.3 is 0 Å². The summed E-state index contributed by atoms with van der Waals surface area (Å²) in [7, 11) is 0. The predicted molar refractivity (Wildman–Crippen MR) is 194 cm³/mol. The first-order chi connectivity index (χ1) is 23.2. The molecule has 3 aromatic carbocycles. The van der Waals surface area contributed by atoms with Gasteiger partial charge in [0.15, 0.2) is 11.5 Å². The van der Waals surface area contributed by atoms with E-state index >= 15 is 0 Å². The summed E-state index contributed by atoms with van der Waals surface area (Å²) in [6.45, 7) is 11.7. The molecule has 0 aliphatic rings. The molecule has 9 heteroatoms. The standard InChI is InChI=1S/C36H39ClN2O2.3CH2O.Re/c1-3-5-7-15-21-40-34-30-23-28(26-17-11-9-12-18-26)25-38-32(30)33-31(35(34)41-22-16-8-6-4-2)24-29(36(37)39-33)27-19-13-10-14-20-27;3*1-2;/h9-14,17-20,23-25H,3-8,15-16,21-22H2,1-2H3;3*1H2;. The SMILES string of the molecule is C=O.C=O.C=O.CCCCCCOc1c(OCCCCCC)c2cc(-c3ccccc3)c(Cl)nc2c2ncc(-c3ccccc3)cc12.[Re]. The zero-order valence-corrected chi connectivity index (χ0v) is 31.4. The van der Waals surface area contributed by atoms with Crippen LogP contribution in [0.5, 0.6) is 11.5 Å². The molecule has 0 unspecified atom stereocenters. The maximum Gasteiger partial charge on any atom is 0.171 e. The van der Waals surface area contributed by atoms with E-state index in [1.54, 1.807) is 0 Å². The Kier molecular flexibility index (Phi) is 21.2. The van der Waals surface area contributed by atoms with Gasteiger partial charge in [0.2, 0.25) is 0 Å². The molecule has 0 saturated heterocycles. The van der Waals surface area contributed by atoms with Gasteiger partial charge in [-0.15, -0.1) is 0 Å². The fraction of sp³-hybridized carbons (Fsp3) is 0.308. The summed E-state index contributed by atoms with van der Waals surface area (Å²) in [6, 6.07) is 24.7. The van der Waals surface area contributed by atoms with E-state index in [4.69, 9.17) is 45.4 Å². The van der Waals surface area contributed by atoms with Gasteiger partial charge in [-0.3, -0.25) is 4.98 Å². The second kappa shape index (κ2) is 24.2. The molecule has 0 N–H and O–H groups in total. The Labute approximate surface area is 303 Å². The average molecular weight is 843 g/mol. The Morgan fingerprint density at radius 3 is 1.58 bits per heavy atom. The third kappa shape index (κ3) is 11.3. The van der Waals surface area contributed by atoms with Crippen LogP contribution >= 0.6 is 11.6 Å². The molecule has 0 aliphatic heterocycles. The average Bonchev–Trinajstić information content (AvgIpc) is 3.15. The number of halogens is 1. The smallest absolute Gasteiger partial charge is 0.171 e. The molecule has 0 bridgehead atoms.